The third-order valence-corrected chi connectivity index (χ3v) is 9.61. The summed E-state index contributed by atoms with van der Waals surface area (Å²) in [6.45, 7) is 3.17. The first-order valence-electron chi connectivity index (χ1n) is 11.9. The fraction of sp³-hybridized carbons (Fsp3) is 0.913. The maximum atomic E-state index is 13.1. The molecule has 5 rings (SSSR count). The van der Waals surface area contributed by atoms with E-state index in [2.05, 4.69) is 22.4 Å². The van der Waals surface area contributed by atoms with Crippen LogP contribution in [0.15, 0.2) is 6.33 Å². The van der Waals surface area contributed by atoms with Gasteiger partial charge < -0.3 is 9.84 Å². The molecule has 4 aliphatic carbocycles. The fourth-order valence-corrected chi connectivity index (χ4v) is 8.41. The van der Waals surface area contributed by atoms with Crippen molar-refractivity contribution in [2.45, 2.75) is 76.9 Å². The fourth-order valence-electron chi connectivity index (χ4n) is 8.41. The Morgan fingerprint density at radius 1 is 1.13 bits per heavy atom. The average molecular weight is 417 g/mol. The number of aliphatic hydroxyl groups is 1. The Kier molecular flexibility index (Phi) is 5.25. The van der Waals surface area contributed by atoms with E-state index >= 15 is 0 Å². The molecule has 0 spiro atoms. The van der Waals surface area contributed by atoms with Crippen LogP contribution in [0, 0.1) is 40.9 Å². The Morgan fingerprint density at radius 3 is 2.73 bits per heavy atom. The molecule has 1 aromatic heterocycles. The number of carbonyl (C=O) groups is 1. The smallest absolute Gasteiger partial charge is 0.158 e. The lowest BCUT2D eigenvalue weighted by atomic mass is 9.49. The van der Waals surface area contributed by atoms with Crippen LogP contribution in [0.25, 0.3) is 0 Å². The Balaban J connectivity index is 1.29. The van der Waals surface area contributed by atoms with E-state index < -0.39 is 5.60 Å². The Morgan fingerprint density at radius 2 is 1.97 bits per heavy atom. The molecule has 1 N–H and O–H groups in total. The zero-order valence-corrected chi connectivity index (χ0v) is 18.4. The molecule has 0 aromatic carbocycles. The summed E-state index contributed by atoms with van der Waals surface area (Å²) in [5, 5.41) is 22.2. The highest BCUT2D eigenvalue weighted by Gasteiger charge is 2.59. The van der Waals surface area contributed by atoms with Crippen molar-refractivity contribution in [1.29, 1.82) is 0 Å². The van der Waals surface area contributed by atoms with Crippen LogP contribution in [0.4, 0.5) is 0 Å². The normalized spacial score (nSPS) is 45.4. The molecule has 4 aliphatic rings. The van der Waals surface area contributed by atoms with E-state index in [0.29, 0.717) is 30.8 Å². The summed E-state index contributed by atoms with van der Waals surface area (Å²) in [7, 11) is 1.69. The lowest BCUT2D eigenvalue weighted by molar-refractivity contribution is -0.136. The number of Topliss-reactive ketones (excluding diaryl/α,β-unsaturated/α-hetero) is 1. The number of hydrogen-bond donors (Lipinski definition) is 1. The minimum absolute atomic E-state index is 0.130. The van der Waals surface area contributed by atoms with E-state index in [-0.39, 0.29) is 11.3 Å². The number of ether oxygens (including phenoxy) is 1. The number of nitrogens with zero attached hydrogens (tertiary/aromatic N) is 4. The average Bonchev–Trinajstić information content (AvgIpc) is 3.34. The van der Waals surface area contributed by atoms with Crippen LogP contribution in [-0.2, 0) is 16.1 Å². The summed E-state index contributed by atoms with van der Waals surface area (Å²) in [6.07, 6.45) is 11.6. The van der Waals surface area contributed by atoms with Crippen LogP contribution in [0.5, 0.6) is 0 Å². The SMILES string of the molecule is COC[C@@]1(O)CCC2[C@@H](CCC3[C@@H]2CC[C@]2(C)[C@@H](C(=O)Cn4cnnn4)CC[C@@H]32)C1. The van der Waals surface area contributed by atoms with Gasteiger partial charge in [-0.15, -0.1) is 5.10 Å². The number of methoxy groups -OCH3 is 1. The van der Waals surface area contributed by atoms with Crippen LogP contribution in [0.1, 0.15) is 64.7 Å². The minimum atomic E-state index is -0.618. The molecular weight excluding hydrogens is 380 g/mol. The van der Waals surface area contributed by atoms with Gasteiger partial charge >= 0.3 is 0 Å². The van der Waals surface area contributed by atoms with Crippen molar-refractivity contribution < 1.29 is 14.6 Å². The van der Waals surface area contributed by atoms with Crippen molar-refractivity contribution in [2.24, 2.45) is 40.9 Å². The minimum Gasteiger partial charge on any atom is -0.387 e. The molecule has 30 heavy (non-hydrogen) atoms. The van der Waals surface area contributed by atoms with Crippen LogP contribution in [0.2, 0.25) is 0 Å². The second-order valence-corrected chi connectivity index (χ2v) is 11.0. The van der Waals surface area contributed by atoms with Gasteiger partial charge in [-0.25, -0.2) is 4.68 Å². The molecule has 1 heterocycles. The van der Waals surface area contributed by atoms with E-state index in [1.165, 1.54) is 25.7 Å². The van der Waals surface area contributed by atoms with Crippen molar-refractivity contribution in [1.82, 2.24) is 20.2 Å². The van der Waals surface area contributed by atoms with E-state index in [9.17, 15) is 9.90 Å². The summed E-state index contributed by atoms with van der Waals surface area (Å²) in [5.74, 6) is 4.04. The van der Waals surface area contributed by atoms with Crippen LogP contribution in [0.3, 0.4) is 0 Å². The van der Waals surface area contributed by atoms with Gasteiger partial charge in [0.1, 0.15) is 12.9 Å². The van der Waals surface area contributed by atoms with E-state index in [4.69, 9.17) is 4.74 Å². The van der Waals surface area contributed by atoms with Crippen molar-refractivity contribution in [3.8, 4) is 0 Å². The first kappa shape index (κ1) is 20.6. The van der Waals surface area contributed by atoms with Gasteiger partial charge in [0, 0.05) is 13.0 Å². The first-order valence-corrected chi connectivity index (χ1v) is 11.9. The third kappa shape index (κ3) is 3.32. The molecule has 4 saturated carbocycles. The molecule has 0 aliphatic heterocycles. The first-order chi connectivity index (χ1) is 14.4. The quantitative estimate of drug-likeness (QED) is 0.794. The summed E-state index contributed by atoms with van der Waals surface area (Å²) >= 11 is 0. The molecule has 0 radical (unpaired) electrons. The molecule has 0 saturated heterocycles. The van der Waals surface area contributed by atoms with Crippen molar-refractivity contribution in [3.05, 3.63) is 6.33 Å². The highest BCUT2D eigenvalue weighted by Crippen LogP contribution is 2.64. The van der Waals surface area contributed by atoms with E-state index in [0.717, 1.165) is 49.9 Å². The Hall–Kier alpha value is -1.34. The van der Waals surface area contributed by atoms with Gasteiger partial charge in [-0.05, 0) is 103 Å². The van der Waals surface area contributed by atoms with Crippen LogP contribution >= 0.6 is 0 Å². The van der Waals surface area contributed by atoms with E-state index in [1.54, 1.807) is 18.1 Å². The second kappa shape index (κ2) is 7.66. The standard InChI is InChI=1S/C23H36N4O3/c1-22-9-7-17-16-8-10-23(29,13-30-2)11-15(16)3-4-18(17)19(22)5-6-20(22)21(28)12-27-14-24-25-26-27/h14-20,29H,3-13H2,1-2H3/t15-,16?,17+,18?,19-,20+,22-,23+/m0/s1. The molecular formula is C23H36N4O3. The van der Waals surface area contributed by atoms with Gasteiger partial charge in [0.05, 0.1) is 12.2 Å². The lowest BCUT2D eigenvalue weighted by Crippen LogP contribution is -2.52. The maximum absolute atomic E-state index is 13.1. The largest absolute Gasteiger partial charge is 0.387 e. The number of aromatic nitrogens is 4. The Bertz CT molecular complexity index is 771. The zero-order valence-electron chi connectivity index (χ0n) is 18.4. The molecule has 2 unspecified atom stereocenters. The summed E-state index contributed by atoms with van der Waals surface area (Å²) < 4.78 is 6.88. The monoisotopic (exact) mass is 416 g/mol. The van der Waals surface area contributed by atoms with E-state index in [1.807, 2.05) is 0 Å². The molecule has 4 fully saturated rings. The van der Waals surface area contributed by atoms with Gasteiger partial charge in [0.15, 0.2) is 5.78 Å². The van der Waals surface area contributed by atoms with Crippen LogP contribution in [-0.4, -0.2) is 50.4 Å². The number of tetrazole rings is 1. The summed E-state index contributed by atoms with van der Waals surface area (Å²) in [6, 6.07) is 0. The number of ketones is 1. The second-order valence-electron chi connectivity index (χ2n) is 11.0. The van der Waals surface area contributed by atoms with Gasteiger partial charge in [-0.2, -0.15) is 0 Å². The third-order valence-electron chi connectivity index (χ3n) is 9.61. The molecule has 7 heteroatoms. The molecule has 1 aromatic rings. The number of carbonyl (C=O) groups excluding carboxylic acids is 1. The number of rotatable bonds is 5. The predicted octanol–water partition coefficient (Wildman–Crippen LogP) is 2.89. The van der Waals surface area contributed by atoms with Gasteiger partial charge in [-0.3, -0.25) is 4.79 Å². The topological polar surface area (TPSA) is 90.1 Å². The van der Waals surface area contributed by atoms with Gasteiger partial charge in [0.25, 0.3) is 0 Å². The summed E-state index contributed by atoms with van der Waals surface area (Å²) in [4.78, 5) is 13.1. The molecule has 7 nitrogen and oxygen atoms in total. The molecule has 8 atom stereocenters. The highest BCUT2D eigenvalue weighted by molar-refractivity contribution is 5.82. The van der Waals surface area contributed by atoms with Gasteiger partial charge in [0.2, 0.25) is 0 Å². The van der Waals surface area contributed by atoms with Crippen molar-refractivity contribution in [2.75, 3.05) is 13.7 Å². The maximum Gasteiger partial charge on any atom is 0.158 e. The van der Waals surface area contributed by atoms with Crippen molar-refractivity contribution >= 4 is 5.78 Å². The zero-order chi connectivity index (χ0) is 20.9. The predicted molar refractivity (Wildman–Crippen MR) is 110 cm³/mol. The highest BCUT2D eigenvalue weighted by atomic mass is 16.5. The molecule has 166 valence electrons. The molecule has 0 bridgehead atoms. The number of hydrogen-bond acceptors (Lipinski definition) is 6. The lowest BCUT2D eigenvalue weighted by Gasteiger charge is -2.57. The molecule has 0 amide bonds. The van der Waals surface area contributed by atoms with Gasteiger partial charge in [-0.1, -0.05) is 6.92 Å². The Labute approximate surface area is 178 Å². The van der Waals surface area contributed by atoms with Crippen molar-refractivity contribution in [3.63, 3.8) is 0 Å². The van der Waals surface area contributed by atoms with Crippen LogP contribution < -0.4 is 0 Å². The number of fused-ring (bicyclic) bond motifs is 5. The summed E-state index contributed by atoms with van der Waals surface area (Å²) in [5.41, 5.74) is -0.489.